The van der Waals surface area contributed by atoms with Crippen molar-refractivity contribution in [2.75, 3.05) is 25.6 Å². The van der Waals surface area contributed by atoms with E-state index in [0.29, 0.717) is 23.7 Å². The molecule has 0 aliphatic carbocycles. The Kier molecular flexibility index (Phi) is 12.5. The molecule has 1 fully saturated rings. The molecule has 0 radical (unpaired) electrons. The number of fused-ring (bicyclic) bond motifs is 1. The SMILES string of the molecule is C1CCOCC1.C=CC(N)=O.CC.N/C(=C\c1c(-c2cccc3c2OCC3)c[nH]c1N)c1ccccc1O. The largest absolute Gasteiger partial charge is 0.507 e. The Hall–Kier alpha value is -4.17. The number of primary amides is 1. The molecule has 38 heavy (non-hydrogen) atoms. The van der Waals surface area contributed by atoms with Gasteiger partial charge in [-0.1, -0.05) is 50.8 Å². The van der Waals surface area contributed by atoms with Crippen LogP contribution in [0.4, 0.5) is 5.82 Å². The first kappa shape index (κ1) is 30.1. The van der Waals surface area contributed by atoms with Crippen molar-refractivity contribution in [3.05, 3.63) is 78.0 Å². The number of nitrogens with one attached hydrogen (secondary N) is 1. The lowest BCUT2D eigenvalue weighted by Crippen LogP contribution is -2.04. The van der Waals surface area contributed by atoms with E-state index in [0.717, 1.165) is 48.2 Å². The topological polar surface area (TPSA) is 150 Å². The fourth-order valence-electron chi connectivity index (χ4n) is 3.89. The van der Waals surface area contributed by atoms with Crippen molar-refractivity contribution in [3.63, 3.8) is 0 Å². The van der Waals surface area contributed by atoms with Crippen molar-refractivity contribution < 1.29 is 19.4 Å². The van der Waals surface area contributed by atoms with Crippen molar-refractivity contribution in [1.82, 2.24) is 4.98 Å². The third-order valence-corrected chi connectivity index (χ3v) is 5.75. The Balaban J connectivity index is 0.000000324. The number of nitrogen functional groups attached to an aromatic ring is 1. The van der Waals surface area contributed by atoms with Crippen LogP contribution < -0.4 is 21.9 Å². The minimum Gasteiger partial charge on any atom is -0.507 e. The first-order chi connectivity index (χ1) is 18.4. The standard InChI is InChI=1S/C20H19N3O2.C5H10O.C3H5NO.C2H6/c21-17(14-5-1-2-7-18(14)24)10-15-16(11-23-20(15)22)13-6-3-4-12-8-9-25-19(12)13;1-2-4-6-5-3-1;1-2-3(4)5;1-2/h1-7,10-11,23-24H,8-9,21-22H2;1-5H2;2H,1H2,(H2,4,5);1-2H3/b17-10-;;;. The molecule has 0 saturated carbocycles. The zero-order chi connectivity index (χ0) is 27.9. The van der Waals surface area contributed by atoms with E-state index in [1.807, 2.05) is 38.2 Å². The number of anilines is 1. The van der Waals surface area contributed by atoms with Gasteiger partial charge in [-0.2, -0.15) is 0 Å². The number of carbonyl (C=O) groups excluding carboxylic acids is 1. The van der Waals surface area contributed by atoms with E-state index in [1.54, 1.807) is 24.3 Å². The zero-order valence-corrected chi connectivity index (χ0v) is 22.3. The van der Waals surface area contributed by atoms with Gasteiger partial charge in [-0.05, 0) is 49.1 Å². The van der Waals surface area contributed by atoms with Gasteiger partial charge in [-0.3, -0.25) is 4.79 Å². The van der Waals surface area contributed by atoms with E-state index in [-0.39, 0.29) is 5.75 Å². The summed E-state index contributed by atoms with van der Waals surface area (Å²) < 4.78 is 10.9. The molecule has 0 bridgehead atoms. The van der Waals surface area contributed by atoms with Crippen molar-refractivity contribution in [1.29, 1.82) is 0 Å². The number of hydrogen-bond acceptors (Lipinski definition) is 6. The molecule has 5 rings (SSSR count). The smallest absolute Gasteiger partial charge is 0.240 e. The molecule has 3 heterocycles. The second-order valence-electron chi connectivity index (χ2n) is 8.32. The van der Waals surface area contributed by atoms with Crippen LogP contribution in [0, 0.1) is 0 Å². The number of amides is 1. The number of H-pyrrole nitrogens is 1. The lowest BCUT2D eigenvalue weighted by Gasteiger charge is -2.09. The van der Waals surface area contributed by atoms with Gasteiger partial charge in [0.15, 0.2) is 0 Å². The summed E-state index contributed by atoms with van der Waals surface area (Å²) in [7, 11) is 0. The highest BCUT2D eigenvalue weighted by Gasteiger charge is 2.20. The number of aromatic hydroxyl groups is 1. The normalized spacial score (nSPS) is 13.7. The number of phenols is 1. The number of carbonyl (C=O) groups is 1. The van der Waals surface area contributed by atoms with Gasteiger partial charge < -0.3 is 36.8 Å². The van der Waals surface area contributed by atoms with E-state index in [4.69, 9.17) is 20.9 Å². The number of rotatable bonds is 4. The Bertz CT molecular complexity index is 1200. The predicted octanol–water partition coefficient (Wildman–Crippen LogP) is 5.23. The average molecular weight is 521 g/mol. The van der Waals surface area contributed by atoms with E-state index >= 15 is 0 Å². The molecule has 3 aromatic rings. The van der Waals surface area contributed by atoms with Gasteiger partial charge >= 0.3 is 0 Å². The second kappa shape index (κ2) is 15.8. The monoisotopic (exact) mass is 520 g/mol. The Morgan fingerprint density at radius 2 is 1.68 bits per heavy atom. The van der Waals surface area contributed by atoms with Crippen LogP contribution in [0.15, 0.2) is 61.3 Å². The molecule has 2 aliphatic rings. The lowest BCUT2D eigenvalue weighted by molar-refractivity contribution is -0.113. The molecule has 8 heteroatoms. The van der Waals surface area contributed by atoms with E-state index in [9.17, 15) is 9.90 Å². The van der Waals surface area contributed by atoms with Gasteiger partial charge in [0.05, 0.1) is 6.61 Å². The molecule has 0 unspecified atom stereocenters. The Morgan fingerprint density at radius 3 is 2.26 bits per heavy atom. The summed E-state index contributed by atoms with van der Waals surface area (Å²) >= 11 is 0. The Morgan fingerprint density at radius 1 is 1.00 bits per heavy atom. The van der Waals surface area contributed by atoms with Crippen LogP contribution >= 0.6 is 0 Å². The van der Waals surface area contributed by atoms with Gasteiger partial charge in [0.25, 0.3) is 0 Å². The van der Waals surface area contributed by atoms with Crippen LogP contribution in [-0.2, 0) is 16.0 Å². The highest BCUT2D eigenvalue weighted by atomic mass is 16.5. The third kappa shape index (κ3) is 8.45. The predicted molar refractivity (Wildman–Crippen MR) is 155 cm³/mol. The molecule has 1 amide bonds. The number of phenolic OH excluding ortho intramolecular Hbond substituents is 1. The summed E-state index contributed by atoms with van der Waals surface area (Å²) in [5.41, 5.74) is 21.8. The average Bonchev–Trinajstić information content (AvgIpc) is 3.58. The maximum absolute atomic E-state index is 10.0. The Labute approximate surface area is 225 Å². The van der Waals surface area contributed by atoms with Gasteiger partial charge in [-0.25, -0.2) is 0 Å². The van der Waals surface area contributed by atoms with Crippen molar-refractivity contribution in [2.24, 2.45) is 11.5 Å². The highest BCUT2D eigenvalue weighted by molar-refractivity contribution is 5.92. The molecular weight excluding hydrogens is 480 g/mol. The van der Waals surface area contributed by atoms with Crippen LogP contribution in [0.5, 0.6) is 11.5 Å². The van der Waals surface area contributed by atoms with Gasteiger partial charge in [0.2, 0.25) is 5.91 Å². The van der Waals surface area contributed by atoms with Crippen LogP contribution in [0.1, 0.15) is 49.8 Å². The van der Waals surface area contributed by atoms with Crippen molar-refractivity contribution in [3.8, 4) is 22.6 Å². The minimum atomic E-state index is -0.481. The number of benzene rings is 2. The summed E-state index contributed by atoms with van der Waals surface area (Å²) in [6.45, 7) is 9.78. The molecule has 204 valence electrons. The van der Waals surface area contributed by atoms with Crippen molar-refractivity contribution in [2.45, 2.75) is 39.5 Å². The number of ether oxygens (including phenoxy) is 2. The number of nitrogens with two attached hydrogens (primary N) is 3. The maximum atomic E-state index is 10.0. The van der Waals surface area contributed by atoms with Crippen molar-refractivity contribution >= 4 is 23.5 Å². The molecule has 1 aromatic heterocycles. The first-order valence-electron chi connectivity index (χ1n) is 12.9. The molecular formula is C30H40N4O4. The highest BCUT2D eigenvalue weighted by Crippen LogP contribution is 2.40. The first-order valence-corrected chi connectivity index (χ1v) is 12.9. The lowest BCUT2D eigenvalue weighted by atomic mass is 9.98. The van der Waals surface area contributed by atoms with Crippen LogP contribution in [-0.4, -0.2) is 35.8 Å². The van der Waals surface area contributed by atoms with Crippen LogP contribution in [0.25, 0.3) is 22.9 Å². The van der Waals surface area contributed by atoms with E-state index in [1.165, 1.54) is 24.8 Å². The van der Waals surface area contributed by atoms with Crippen LogP contribution in [0.3, 0.4) is 0 Å². The summed E-state index contributed by atoms with van der Waals surface area (Å²) in [4.78, 5) is 12.5. The number of para-hydroxylation sites is 2. The summed E-state index contributed by atoms with van der Waals surface area (Å²) in [6.07, 6.45) is 9.54. The number of aromatic amines is 1. The molecule has 8 N–H and O–H groups in total. The summed E-state index contributed by atoms with van der Waals surface area (Å²) in [5, 5.41) is 10.0. The van der Waals surface area contributed by atoms with E-state index < -0.39 is 5.91 Å². The number of aromatic nitrogens is 1. The van der Waals surface area contributed by atoms with E-state index in [2.05, 4.69) is 23.4 Å². The zero-order valence-electron chi connectivity index (χ0n) is 22.3. The molecule has 0 atom stereocenters. The molecule has 0 spiro atoms. The van der Waals surface area contributed by atoms with Gasteiger partial charge in [0.1, 0.15) is 17.3 Å². The maximum Gasteiger partial charge on any atom is 0.240 e. The fourth-order valence-corrected chi connectivity index (χ4v) is 3.89. The second-order valence-corrected chi connectivity index (χ2v) is 8.32. The van der Waals surface area contributed by atoms with Gasteiger partial charge in [0, 0.05) is 53.8 Å². The number of hydrogen-bond donors (Lipinski definition) is 5. The molecule has 8 nitrogen and oxygen atoms in total. The quantitative estimate of drug-likeness (QED) is 0.297. The van der Waals surface area contributed by atoms with Crippen LogP contribution in [0.2, 0.25) is 0 Å². The molecule has 1 saturated heterocycles. The summed E-state index contributed by atoms with van der Waals surface area (Å²) in [6, 6.07) is 13.1. The summed E-state index contributed by atoms with van der Waals surface area (Å²) in [5.74, 6) is 1.07. The minimum absolute atomic E-state index is 0.135. The third-order valence-electron chi connectivity index (χ3n) is 5.75. The fraction of sp³-hybridized carbons (Fsp3) is 0.300. The molecule has 2 aliphatic heterocycles. The molecule has 2 aromatic carbocycles. The van der Waals surface area contributed by atoms with Gasteiger partial charge in [-0.15, -0.1) is 0 Å².